The van der Waals surface area contributed by atoms with Gasteiger partial charge in [-0.25, -0.2) is 0 Å². The minimum absolute atomic E-state index is 0.0334. The van der Waals surface area contributed by atoms with Gasteiger partial charge in [-0.05, 0) is 25.0 Å². The molecule has 0 spiro atoms. The van der Waals surface area contributed by atoms with Gasteiger partial charge in [0, 0.05) is 31.3 Å². The summed E-state index contributed by atoms with van der Waals surface area (Å²) >= 11 is 0. The Bertz CT molecular complexity index is 471. The van der Waals surface area contributed by atoms with Crippen molar-refractivity contribution in [3.05, 3.63) is 24.0 Å². The number of hydrogen-bond acceptors (Lipinski definition) is 3. The number of hydrogen-bond donors (Lipinski definition) is 2. The third-order valence-corrected chi connectivity index (χ3v) is 4.27. The molecule has 1 aliphatic heterocycles. The number of amides is 1. The van der Waals surface area contributed by atoms with E-state index < -0.39 is 0 Å². The molecule has 4 unspecified atom stereocenters. The maximum atomic E-state index is 12.3. The van der Waals surface area contributed by atoms with Gasteiger partial charge in [0.15, 0.2) is 0 Å². The van der Waals surface area contributed by atoms with Crippen molar-refractivity contribution >= 4 is 5.91 Å². The highest BCUT2D eigenvalue weighted by molar-refractivity contribution is 5.93. The van der Waals surface area contributed by atoms with Crippen LogP contribution in [-0.4, -0.2) is 35.3 Å². The first kappa shape index (κ1) is 12.7. The molecule has 5 heteroatoms. The van der Waals surface area contributed by atoms with Crippen LogP contribution in [0.2, 0.25) is 0 Å². The van der Waals surface area contributed by atoms with Gasteiger partial charge in [0.05, 0.1) is 12.1 Å². The van der Waals surface area contributed by atoms with Crippen molar-refractivity contribution in [2.24, 2.45) is 11.7 Å². The van der Waals surface area contributed by atoms with E-state index in [1.807, 2.05) is 22.9 Å². The van der Waals surface area contributed by atoms with E-state index in [0.29, 0.717) is 11.6 Å². The number of carbonyl (C=O) groups is 1. The summed E-state index contributed by atoms with van der Waals surface area (Å²) in [6.45, 7) is 3.72. The molecule has 104 valence electrons. The predicted octanol–water partition coefficient (Wildman–Crippen LogP) is 0.742. The second-order valence-corrected chi connectivity index (χ2v) is 5.45. The summed E-state index contributed by atoms with van der Waals surface area (Å²) in [7, 11) is 0. The highest BCUT2D eigenvalue weighted by atomic mass is 16.5. The highest BCUT2D eigenvalue weighted by Gasteiger charge is 2.52. The van der Waals surface area contributed by atoms with E-state index in [1.165, 1.54) is 0 Å². The van der Waals surface area contributed by atoms with Gasteiger partial charge in [0.2, 0.25) is 0 Å². The summed E-state index contributed by atoms with van der Waals surface area (Å²) < 4.78 is 7.61. The normalized spacial score (nSPS) is 32.7. The second kappa shape index (κ2) is 4.98. The van der Waals surface area contributed by atoms with Crippen molar-refractivity contribution in [3.63, 3.8) is 0 Å². The molecule has 1 aromatic heterocycles. The molecule has 2 heterocycles. The van der Waals surface area contributed by atoms with E-state index in [2.05, 4.69) is 12.2 Å². The van der Waals surface area contributed by atoms with Crippen molar-refractivity contribution in [1.29, 1.82) is 0 Å². The van der Waals surface area contributed by atoms with Crippen LogP contribution in [0.4, 0.5) is 0 Å². The molecule has 0 bridgehead atoms. The molecule has 19 heavy (non-hydrogen) atoms. The van der Waals surface area contributed by atoms with Crippen molar-refractivity contribution in [2.75, 3.05) is 6.61 Å². The Morgan fingerprint density at radius 2 is 2.47 bits per heavy atom. The Labute approximate surface area is 113 Å². The molecule has 5 nitrogen and oxygen atoms in total. The van der Waals surface area contributed by atoms with E-state index in [4.69, 9.17) is 10.5 Å². The van der Waals surface area contributed by atoms with Crippen molar-refractivity contribution in [1.82, 2.24) is 9.88 Å². The molecule has 2 aliphatic rings. The summed E-state index contributed by atoms with van der Waals surface area (Å²) in [6.07, 6.45) is 4.08. The first-order valence-corrected chi connectivity index (χ1v) is 7.05. The van der Waals surface area contributed by atoms with Crippen LogP contribution in [0.15, 0.2) is 18.3 Å². The van der Waals surface area contributed by atoms with Gasteiger partial charge >= 0.3 is 0 Å². The Kier molecular flexibility index (Phi) is 3.33. The molecule has 1 saturated carbocycles. The Hall–Kier alpha value is -1.33. The molecule has 4 atom stereocenters. The van der Waals surface area contributed by atoms with E-state index in [9.17, 15) is 4.79 Å². The standard InChI is InChI=1S/C14H21N3O2/c1-2-6-17-7-3-4-10(17)14(18)16-12-11(15)9-5-8-19-13(9)12/h3-4,7,9,11-13H,2,5-6,8,15H2,1H3,(H,16,18). The first-order valence-electron chi connectivity index (χ1n) is 7.05. The molecule has 0 aromatic carbocycles. The number of ether oxygens (including phenoxy) is 1. The molecule has 1 aliphatic carbocycles. The topological polar surface area (TPSA) is 69.3 Å². The zero-order valence-corrected chi connectivity index (χ0v) is 11.2. The van der Waals surface area contributed by atoms with Gasteiger partial charge in [-0.3, -0.25) is 4.79 Å². The second-order valence-electron chi connectivity index (χ2n) is 5.45. The van der Waals surface area contributed by atoms with Crippen LogP contribution in [0.3, 0.4) is 0 Å². The van der Waals surface area contributed by atoms with E-state index in [-0.39, 0.29) is 24.1 Å². The lowest BCUT2D eigenvalue weighted by molar-refractivity contribution is -0.0162. The third kappa shape index (κ3) is 2.07. The zero-order chi connectivity index (χ0) is 13.4. The summed E-state index contributed by atoms with van der Waals surface area (Å²) in [4.78, 5) is 12.3. The summed E-state index contributed by atoms with van der Waals surface area (Å²) in [5, 5.41) is 3.03. The lowest BCUT2D eigenvalue weighted by Gasteiger charge is -2.45. The van der Waals surface area contributed by atoms with E-state index >= 15 is 0 Å². The Balaban J connectivity index is 1.66. The first-order chi connectivity index (χ1) is 9.22. The van der Waals surface area contributed by atoms with Crippen LogP contribution in [0.5, 0.6) is 0 Å². The number of nitrogens with two attached hydrogens (primary N) is 1. The Morgan fingerprint density at radius 1 is 1.63 bits per heavy atom. The average Bonchev–Trinajstić information content (AvgIpc) is 3.02. The summed E-state index contributed by atoms with van der Waals surface area (Å²) in [6, 6.07) is 3.75. The molecular formula is C14H21N3O2. The van der Waals surface area contributed by atoms with Crippen LogP contribution in [-0.2, 0) is 11.3 Å². The molecule has 3 rings (SSSR count). The van der Waals surface area contributed by atoms with Gasteiger partial charge in [0.25, 0.3) is 5.91 Å². The molecular weight excluding hydrogens is 242 g/mol. The van der Waals surface area contributed by atoms with Gasteiger partial charge < -0.3 is 20.4 Å². The summed E-state index contributed by atoms with van der Waals surface area (Å²) in [5.41, 5.74) is 6.81. The quantitative estimate of drug-likeness (QED) is 0.842. The molecule has 3 N–H and O–H groups in total. The lowest BCUT2D eigenvalue weighted by atomic mass is 9.72. The zero-order valence-electron chi connectivity index (χ0n) is 11.2. The fourth-order valence-electron chi connectivity index (χ4n) is 3.21. The van der Waals surface area contributed by atoms with Crippen molar-refractivity contribution < 1.29 is 9.53 Å². The van der Waals surface area contributed by atoms with E-state index in [0.717, 1.165) is 26.0 Å². The van der Waals surface area contributed by atoms with Gasteiger partial charge in [0.1, 0.15) is 5.69 Å². The minimum Gasteiger partial charge on any atom is -0.376 e. The number of carbonyl (C=O) groups excluding carboxylic acids is 1. The fourth-order valence-corrected chi connectivity index (χ4v) is 3.21. The maximum Gasteiger partial charge on any atom is 0.268 e. The average molecular weight is 263 g/mol. The monoisotopic (exact) mass is 263 g/mol. The molecule has 1 saturated heterocycles. The largest absolute Gasteiger partial charge is 0.376 e. The number of nitrogens with one attached hydrogen (secondary N) is 1. The highest BCUT2D eigenvalue weighted by Crippen LogP contribution is 2.37. The predicted molar refractivity (Wildman–Crippen MR) is 71.8 cm³/mol. The smallest absolute Gasteiger partial charge is 0.268 e. The SMILES string of the molecule is CCCn1cccc1C(=O)NC1C(N)C2CCOC21. The van der Waals surface area contributed by atoms with Gasteiger partial charge in [-0.2, -0.15) is 0 Å². The van der Waals surface area contributed by atoms with Gasteiger partial charge in [-0.15, -0.1) is 0 Å². The fraction of sp³-hybridized carbons (Fsp3) is 0.643. The third-order valence-electron chi connectivity index (χ3n) is 4.27. The number of fused-ring (bicyclic) bond motifs is 1. The molecule has 2 fully saturated rings. The molecule has 1 aromatic rings. The number of aromatic nitrogens is 1. The maximum absolute atomic E-state index is 12.3. The summed E-state index contributed by atoms with van der Waals surface area (Å²) in [5.74, 6) is 0.376. The van der Waals surface area contributed by atoms with Crippen LogP contribution >= 0.6 is 0 Å². The molecule has 0 radical (unpaired) electrons. The number of aryl methyl sites for hydroxylation is 1. The van der Waals surface area contributed by atoms with Crippen molar-refractivity contribution in [2.45, 2.75) is 44.5 Å². The number of nitrogens with zero attached hydrogens (tertiary/aromatic N) is 1. The lowest BCUT2D eigenvalue weighted by Crippen LogP contribution is -2.69. The van der Waals surface area contributed by atoms with Crippen LogP contribution in [0.25, 0.3) is 0 Å². The van der Waals surface area contributed by atoms with Crippen LogP contribution in [0.1, 0.15) is 30.3 Å². The van der Waals surface area contributed by atoms with Crippen LogP contribution in [0, 0.1) is 5.92 Å². The van der Waals surface area contributed by atoms with E-state index in [1.54, 1.807) is 0 Å². The minimum atomic E-state index is -0.0483. The molecule has 1 amide bonds. The number of rotatable bonds is 4. The van der Waals surface area contributed by atoms with Crippen molar-refractivity contribution in [3.8, 4) is 0 Å². The Morgan fingerprint density at radius 3 is 3.26 bits per heavy atom. The van der Waals surface area contributed by atoms with Gasteiger partial charge in [-0.1, -0.05) is 6.92 Å². The van der Waals surface area contributed by atoms with Crippen LogP contribution < -0.4 is 11.1 Å².